The van der Waals surface area contributed by atoms with Gasteiger partial charge in [0.25, 0.3) is 0 Å². The number of benzene rings is 1. The predicted octanol–water partition coefficient (Wildman–Crippen LogP) is 2.58. The van der Waals surface area contributed by atoms with E-state index >= 15 is 0 Å². The first-order valence-electron chi connectivity index (χ1n) is 6.75. The highest BCUT2D eigenvalue weighted by molar-refractivity contribution is 5.70. The molecule has 2 rings (SSSR count). The van der Waals surface area contributed by atoms with Crippen LogP contribution in [-0.2, 0) is 6.42 Å². The van der Waals surface area contributed by atoms with Crippen molar-refractivity contribution >= 4 is 0 Å². The summed E-state index contributed by atoms with van der Waals surface area (Å²) < 4.78 is 5.54. The van der Waals surface area contributed by atoms with Crippen molar-refractivity contribution in [1.82, 2.24) is 9.97 Å². The molecule has 0 amide bonds. The van der Waals surface area contributed by atoms with Crippen LogP contribution >= 0.6 is 0 Å². The summed E-state index contributed by atoms with van der Waals surface area (Å²) in [6.45, 7) is 6.64. The van der Waals surface area contributed by atoms with Crippen molar-refractivity contribution in [1.29, 1.82) is 0 Å². The summed E-state index contributed by atoms with van der Waals surface area (Å²) >= 11 is 0. The number of aromatic nitrogens is 2. The molecule has 2 N–H and O–H groups in total. The molecule has 0 spiro atoms. The fraction of sp³-hybridized carbons (Fsp3) is 0.375. The molecule has 0 saturated carbocycles. The minimum Gasteiger partial charge on any atom is -0.496 e. The first-order valence-corrected chi connectivity index (χ1v) is 6.75. The molecule has 1 aromatic carbocycles. The maximum atomic E-state index is 5.60. The van der Waals surface area contributed by atoms with Crippen molar-refractivity contribution in [3.8, 4) is 17.0 Å². The zero-order valence-electron chi connectivity index (χ0n) is 12.5. The summed E-state index contributed by atoms with van der Waals surface area (Å²) in [4.78, 5) is 9.03. The van der Waals surface area contributed by atoms with Crippen molar-refractivity contribution < 1.29 is 4.74 Å². The summed E-state index contributed by atoms with van der Waals surface area (Å²) in [5, 5.41) is 0. The molecule has 1 aromatic heterocycles. The summed E-state index contributed by atoms with van der Waals surface area (Å²) in [5.74, 6) is 1.65. The largest absolute Gasteiger partial charge is 0.496 e. The van der Waals surface area contributed by atoms with Gasteiger partial charge in [-0.05, 0) is 50.6 Å². The molecule has 4 heteroatoms. The van der Waals surface area contributed by atoms with Crippen LogP contribution < -0.4 is 10.5 Å². The number of ether oxygens (including phenoxy) is 1. The summed E-state index contributed by atoms with van der Waals surface area (Å²) in [5.41, 5.74) is 10.7. The quantitative estimate of drug-likeness (QED) is 0.928. The van der Waals surface area contributed by atoms with Gasteiger partial charge in [0.05, 0.1) is 12.8 Å². The fourth-order valence-corrected chi connectivity index (χ4v) is 2.42. The van der Waals surface area contributed by atoms with Crippen LogP contribution in [0, 0.1) is 20.8 Å². The van der Waals surface area contributed by atoms with Gasteiger partial charge in [-0.3, -0.25) is 0 Å². The Hall–Kier alpha value is -1.94. The number of nitrogens with zero attached hydrogens (tertiary/aromatic N) is 2. The maximum Gasteiger partial charge on any atom is 0.131 e. The number of hydrogen-bond acceptors (Lipinski definition) is 4. The van der Waals surface area contributed by atoms with E-state index in [9.17, 15) is 0 Å². The van der Waals surface area contributed by atoms with E-state index in [1.807, 2.05) is 19.9 Å². The van der Waals surface area contributed by atoms with Crippen molar-refractivity contribution in [2.24, 2.45) is 5.73 Å². The third kappa shape index (κ3) is 2.96. The molecular weight excluding hydrogens is 250 g/mol. The Bertz CT molecular complexity index is 623. The van der Waals surface area contributed by atoms with E-state index in [2.05, 4.69) is 29.0 Å². The van der Waals surface area contributed by atoms with Gasteiger partial charge in [-0.1, -0.05) is 6.07 Å². The van der Waals surface area contributed by atoms with Gasteiger partial charge in [-0.15, -0.1) is 0 Å². The molecule has 106 valence electrons. The zero-order valence-corrected chi connectivity index (χ0v) is 12.5. The van der Waals surface area contributed by atoms with Gasteiger partial charge in [-0.2, -0.15) is 0 Å². The van der Waals surface area contributed by atoms with Crippen LogP contribution in [0.15, 0.2) is 18.2 Å². The van der Waals surface area contributed by atoms with Crippen LogP contribution in [0.2, 0.25) is 0 Å². The Labute approximate surface area is 120 Å². The summed E-state index contributed by atoms with van der Waals surface area (Å²) in [6, 6.07) is 6.19. The number of nitrogens with two attached hydrogens (primary N) is 1. The normalized spacial score (nSPS) is 10.7. The molecule has 0 saturated heterocycles. The SMILES string of the molecule is COc1c(C)cc(C)cc1-c1cc(C)nc(CCN)n1. The van der Waals surface area contributed by atoms with Crippen LogP contribution in [0.25, 0.3) is 11.3 Å². The topological polar surface area (TPSA) is 61.0 Å². The molecule has 0 aliphatic rings. The number of methoxy groups -OCH3 is 1. The molecule has 0 bridgehead atoms. The van der Waals surface area contributed by atoms with Gasteiger partial charge < -0.3 is 10.5 Å². The molecule has 0 fully saturated rings. The second-order valence-corrected chi connectivity index (χ2v) is 5.01. The Morgan fingerprint density at radius 3 is 2.50 bits per heavy atom. The third-order valence-corrected chi connectivity index (χ3v) is 3.17. The van der Waals surface area contributed by atoms with E-state index in [-0.39, 0.29) is 0 Å². The maximum absolute atomic E-state index is 5.60. The van der Waals surface area contributed by atoms with E-state index in [0.29, 0.717) is 13.0 Å². The Morgan fingerprint density at radius 2 is 1.85 bits per heavy atom. The second kappa shape index (κ2) is 6.01. The summed E-state index contributed by atoms with van der Waals surface area (Å²) in [6.07, 6.45) is 0.682. The number of rotatable bonds is 4. The van der Waals surface area contributed by atoms with Crippen LogP contribution in [0.4, 0.5) is 0 Å². The van der Waals surface area contributed by atoms with Gasteiger partial charge in [0.2, 0.25) is 0 Å². The minimum absolute atomic E-state index is 0.548. The van der Waals surface area contributed by atoms with Gasteiger partial charge in [0.1, 0.15) is 11.6 Å². The van der Waals surface area contributed by atoms with Gasteiger partial charge >= 0.3 is 0 Å². The average molecular weight is 271 g/mol. The molecule has 0 aliphatic carbocycles. The molecular formula is C16H21N3O. The fourth-order valence-electron chi connectivity index (χ4n) is 2.42. The zero-order chi connectivity index (χ0) is 14.7. The molecule has 1 heterocycles. The number of hydrogen-bond donors (Lipinski definition) is 1. The standard InChI is InChI=1S/C16H21N3O/c1-10-7-11(2)16(20-4)13(8-10)14-9-12(3)18-15(19-14)5-6-17/h7-9H,5-6,17H2,1-4H3. The lowest BCUT2D eigenvalue weighted by atomic mass is 10.0. The Balaban J connectivity index is 2.61. The van der Waals surface area contributed by atoms with Crippen LogP contribution in [-0.4, -0.2) is 23.6 Å². The second-order valence-electron chi connectivity index (χ2n) is 5.01. The lowest BCUT2D eigenvalue weighted by Crippen LogP contribution is -2.08. The van der Waals surface area contributed by atoms with E-state index in [1.165, 1.54) is 5.56 Å². The van der Waals surface area contributed by atoms with E-state index < -0.39 is 0 Å². The van der Waals surface area contributed by atoms with Gasteiger partial charge in [0.15, 0.2) is 0 Å². The van der Waals surface area contributed by atoms with Crippen molar-refractivity contribution in [3.63, 3.8) is 0 Å². The van der Waals surface area contributed by atoms with Gasteiger partial charge in [0, 0.05) is 17.7 Å². The molecule has 2 aromatic rings. The first kappa shape index (κ1) is 14.5. The molecule has 0 unspecified atom stereocenters. The van der Waals surface area contributed by atoms with Gasteiger partial charge in [-0.25, -0.2) is 9.97 Å². The molecule has 0 atom stereocenters. The Kier molecular flexibility index (Phi) is 4.35. The lowest BCUT2D eigenvalue weighted by Gasteiger charge is -2.13. The van der Waals surface area contributed by atoms with Crippen molar-refractivity contribution in [3.05, 3.63) is 40.8 Å². The molecule has 4 nitrogen and oxygen atoms in total. The van der Waals surface area contributed by atoms with E-state index in [0.717, 1.165) is 34.1 Å². The highest BCUT2D eigenvalue weighted by Gasteiger charge is 2.12. The minimum atomic E-state index is 0.548. The highest BCUT2D eigenvalue weighted by atomic mass is 16.5. The predicted molar refractivity (Wildman–Crippen MR) is 81.0 cm³/mol. The molecule has 0 radical (unpaired) electrons. The first-order chi connectivity index (χ1) is 9.55. The number of aryl methyl sites for hydroxylation is 3. The average Bonchev–Trinajstić information content (AvgIpc) is 2.37. The van der Waals surface area contributed by atoms with E-state index in [1.54, 1.807) is 7.11 Å². The lowest BCUT2D eigenvalue weighted by molar-refractivity contribution is 0.413. The Morgan fingerprint density at radius 1 is 1.10 bits per heavy atom. The summed E-state index contributed by atoms with van der Waals surface area (Å²) in [7, 11) is 1.69. The molecule has 0 aliphatic heterocycles. The van der Waals surface area contributed by atoms with Crippen molar-refractivity contribution in [2.45, 2.75) is 27.2 Å². The van der Waals surface area contributed by atoms with Crippen LogP contribution in [0.5, 0.6) is 5.75 Å². The third-order valence-electron chi connectivity index (χ3n) is 3.17. The van der Waals surface area contributed by atoms with E-state index in [4.69, 9.17) is 10.5 Å². The smallest absolute Gasteiger partial charge is 0.131 e. The van der Waals surface area contributed by atoms with Crippen molar-refractivity contribution in [2.75, 3.05) is 13.7 Å². The molecule has 20 heavy (non-hydrogen) atoms. The monoisotopic (exact) mass is 271 g/mol. The van der Waals surface area contributed by atoms with Crippen LogP contribution in [0.3, 0.4) is 0 Å². The highest BCUT2D eigenvalue weighted by Crippen LogP contribution is 2.33. The van der Waals surface area contributed by atoms with Crippen LogP contribution in [0.1, 0.15) is 22.6 Å².